The quantitative estimate of drug-likeness (QED) is 0.799. The van der Waals surface area contributed by atoms with Crippen LogP contribution in [0, 0.1) is 0 Å². The van der Waals surface area contributed by atoms with Crippen LogP contribution in [-0.4, -0.2) is 18.2 Å². The molecule has 0 saturated heterocycles. The maximum Gasteiger partial charge on any atom is 0.422 e. The molecule has 2 rings (SSSR count). The molecule has 0 aromatic heterocycles. The number of benzene rings is 1. The molecule has 0 amide bonds. The van der Waals surface area contributed by atoms with E-state index in [0.29, 0.717) is 5.56 Å². The zero-order valence-corrected chi connectivity index (χ0v) is 9.08. The Morgan fingerprint density at radius 2 is 1.82 bits per heavy atom. The van der Waals surface area contributed by atoms with Gasteiger partial charge in [-0.05, 0) is 18.1 Å². The summed E-state index contributed by atoms with van der Waals surface area (Å²) in [6.45, 7) is 1.44. The molecule has 0 bridgehead atoms. The lowest BCUT2D eigenvalue weighted by molar-refractivity contribution is -0.156. The van der Waals surface area contributed by atoms with Gasteiger partial charge in [-0.2, -0.15) is 13.2 Å². The van der Waals surface area contributed by atoms with E-state index in [2.05, 4.69) is 4.99 Å². The van der Waals surface area contributed by atoms with Gasteiger partial charge in [0, 0.05) is 12.6 Å². The van der Waals surface area contributed by atoms with Crippen LogP contribution in [0.15, 0.2) is 29.3 Å². The van der Waals surface area contributed by atoms with E-state index >= 15 is 0 Å². The van der Waals surface area contributed by atoms with Crippen molar-refractivity contribution in [3.05, 3.63) is 35.4 Å². The minimum Gasteiger partial charge on any atom is -0.300 e. The van der Waals surface area contributed by atoms with Gasteiger partial charge >= 0.3 is 6.18 Å². The van der Waals surface area contributed by atoms with E-state index in [9.17, 15) is 18.0 Å². The van der Waals surface area contributed by atoms with Crippen LogP contribution in [0.25, 0.3) is 0 Å². The fourth-order valence-corrected chi connectivity index (χ4v) is 1.69. The van der Waals surface area contributed by atoms with Crippen molar-refractivity contribution in [2.45, 2.75) is 25.1 Å². The molecule has 1 aromatic carbocycles. The van der Waals surface area contributed by atoms with E-state index in [4.69, 9.17) is 0 Å². The molecule has 0 N–H and O–H groups in total. The Morgan fingerprint density at radius 1 is 1.29 bits per heavy atom. The van der Waals surface area contributed by atoms with Crippen LogP contribution in [0.3, 0.4) is 0 Å². The summed E-state index contributed by atoms with van der Waals surface area (Å²) in [6, 6.07) is 5.81. The van der Waals surface area contributed by atoms with Gasteiger partial charge in [-0.1, -0.05) is 24.3 Å². The number of carbonyl (C=O) groups excluding carboxylic acids is 1. The fourth-order valence-electron chi connectivity index (χ4n) is 1.69. The molecule has 17 heavy (non-hydrogen) atoms. The number of rotatable bonds is 3. The first-order valence-corrected chi connectivity index (χ1v) is 5.07. The highest BCUT2D eigenvalue weighted by Gasteiger charge is 2.61. The number of halogens is 3. The van der Waals surface area contributed by atoms with Crippen molar-refractivity contribution in [2.24, 2.45) is 4.99 Å². The monoisotopic (exact) mass is 241 g/mol. The number of hydrogen-bond donors (Lipinski definition) is 0. The molecule has 1 unspecified atom stereocenters. The highest BCUT2D eigenvalue weighted by Crippen LogP contribution is 2.47. The van der Waals surface area contributed by atoms with Gasteiger partial charge in [0.15, 0.2) is 0 Å². The average molecular weight is 241 g/mol. The topological polar surface area (TPSA) is 29.4 Å². The van der Waals surface area contributed by atoms with E-state index in [1.165, 1.54) is 31.2 Å². The first-order valence-electron chi connectivity index (χ1n) is 5.07. The minimum atomic E-state index is -4.39. The Morgan fingerprint density at radius 3 is 2.18 bits per heavy atom. The Labute approximate surface area is 96.2 Å². The molecule has 1 aliphatic heterocycles. The van der Waals surface area contributed by atoms with Crippen molar-refractivity contribution < 1.29 is 18.0 Å². The zero-order valence-electron chi connectivity index (χ0n) is 9.08. The highest BCUT2D eigenvalue weighted by molar-refractivity contribution is 5.87. The van der Waals surface area contributed by atoms with Crippen molar-refractivity contribution in [2.75, 3.05) is 0 Å². The summed E-state index contributed by atoms with van der Waals surface area (Å²) in [5.41, 5.74) is -1.32. The summed E-state index contributed by atoms with van der Waals surface area (Å²) in [4.78, 5) is 14.2. The first kappa shape index (κ1) is 11.8. The van der Waals surface area contributed by atoms with Crippen LogP contribution < -0.4 is 0 Å². The number of hydrogen-bond acceptors (Lipinski definition) is 2. The number of ketones is 1. The van der Waals surface area contributed by atoms with Gasteiger partial charge < -0.3 is 0 Å². The number of aliphatic imine (C=N–C) groups is 1. The molecule has 2 nitrogen and oxygen atoms in total. The van der Waals surface area contributed by atoms with Gasteiger partial charge in [0.1, 0.15) is 5.78 Å². The zero-order chi connectivity index (χ0) is 12.7. The van der Waals surface area contributed by atoms with E-state index in [1.54, 1.807) is 0 Å². The maximum absolute atomic E-state index is 12.7. The Balaban J connectivity index is 2.22. The Kier molecular flexibility index (Phi) is 2.56. The molecule has 90 valence electrons. The van der Waals surface area contributed by atoms with E-state index in [1.807, 2.05) is 0 Å². The van der Waals surface area contributed by atoms with Crippen LogP contribution in [0.5, 0.6) is 0 Å². The van der Waals surface area contributed by atoms with Crippen molar-refractivity contribution in [3.63, 3.8) is 0 Å². The van der Waals surface area contributed by atoms with Crippen molar-refractivity contribution in [1.82, 2.24) is 0 Å². The third kappa shape index (κ3) is 2.09. The molecular weight excluding hydrogens is 231 g/mol. The van der Waals surface area contributed by atoms with Crippen LogP contribution in [0.4, 0.5) is 13.2 Å². The molecule has 5 heteroatoms. The molecule has 0 fully saturated rings. The number of alkyl halides is 3. The van der Waals surface area contributed by atoms with Gasteiger partial charge in [0.25, 0.3) is 0 Å². The van der Waals surface area contributed by atoms with E-state index < -0.39 is 11.7 Å². The van der Waals surface area contributed by atoms with Crippen molar-refractivity contribution in [1.29, 1.82) is 0 Å². The standard InChI is InChI=1S/C12H10F3NO/c1-8(17)6-9-2-4-10(5-3-9)11(7-16-11)12(13,14)15/h2-5,7H,6H2,1H3. The van der Waals surface area contributed by atoms with Crippen LogP contribution in [0.2, 0.25) is 0 Å². The van der Waals surface area contributed by atoms with Crippen LogP contribution in [-0.2, 0) is 16.8 Å². The van der Waals surface area contributed by atoms with Crippen LogP contribution >= 0.6 is 0 Å². The Bertz CT molecular complexity index is 468. The largest absolute Gasteiger partial charge is 0.422 e. The molecule has 0 aliphatic carbocycles. The summed E-state index contributed by atoms with van der Waals surface area (Å²) < 4.78 is 38.1. The summed E-state index contributed by atoms with van der Waals surface area (Å²) >= 11 is 0. The van der Waals surface area contributed by atoms with Crippen LogP contribution in [0.1, 0.15) is 18.1 Å². The van der Waals surface area contributed by atoms with Crippen molar-refractivity contribution >= 4 is 12.0 Å². The first-order chi connectivity index (χ1) is 7.85. The molecule has 1 atom stereocenters. The van der Waals surface area contributed by atoms with Gasteiger partial charge in [-0.15, -0.1) is 0 Å². The van der Waals surface area contributed by atoms with E-state index in [0.717, 1.165) is 6.21 Å². The predicted octanol–water partition coefficient (Wildman–Crippen LogP) is 2.66. The second-order valence-corrected chi connectivity index (χ2v) is 4.10. The molecular formula is C12H10F3NO. The third-order valence-electron chi connectivity index (χ3n) is 2.67. The van der Waals surface area contributed by atoms with E-state index in [-0.39, 0.29) is 17.8 Å². The second-order valence-electron chi connectivity index (χ2n) is 4.10. The lowest BCUT2D eigenvalue weighted by Gasteiger charge is -2.17. The van der Waals surface area contributed by atoms with Gasteiger partial charge in [0.2, 0.25) is 5.54 Å². The van der Waals surface area contributed by atoms with Gasteiger partial charge in [0.05, 0.1) is 0 Å². The molecule has 0 radical (unpaired) electrons. The SMILES string of the molecule is CC(=O)Cc1ccc(C2(C(F)(F)F)C=N2)cc1. The molecule has 1 aromatic rings. The Hall–Kier alpha value is -1.65. The third-order valence-corrected chi connectivity index (χ3v) is 2.67. The minimum absolute atomic E-state index is 0.0223. The second kappa shape index (κ2) is 3.68. The lowest BCUT2D eigenvalue weighted by atomic mass is 9.95. The maximum atomic E-state index is 12.7. The molecule has 0 saturated carbocycles. The smallest absolute Gasteiger partial charge is 0.300 e. The fraction of sp³-hybridized carbons (Fsp3) is 0.333. The highest BCUT2D eigenvalue weighted by atomic mass is 19.4. The molecule has 0 spiro atoms. The number of carbonyl (C=O) groups is 1. The normalized spacial score (nSPS) is 22.6. The summed E-state index contributed by atoms with van der Waals surface area (Å²) in [5, 5.41) is 0. The summed E-state index contributed by atoms with van der Waals surface area (Å²) in [6.07, 6.45) is -3.26. The predicted molar refractivity (Wildman–Crippen MR) is 57.1 cm³/mol. The number of Topliss-reactive ketones (excluding diaryl/α,β-unsaturated/α-hetero) is 1. The molecule has 1 aliphatic rings. The number of nitrogens with zero attached hydrogens (tertiary/aromatic N) is 1. The van der Waals surface area contributed by atoms with Gasteiger partial charge in [-0.25, -0.2) is 0 Å². The average Bonchev–Trinajstić information content (AvgIpc) is 2.97. The lowest BCUT2D eigenvalue weighted by Crippen LogP contribution is -2.31. The van der Waals surface area contributed by atoms with Crippen molar-refractivity contribution in [3.8, 4) is 0 Å². The van der Waals surface area contributed by atoms with Gasteiger partial charge in [-0.3, -0.25) is 9.79 Å². The summed E-state index contributed by atoms with van der Waals surface area (Å²) in [5.74, 6) is -0.0223. The summed E-state index contributed by atoms with van der Waals surface area (Å²) in [7, 11) is 0. The molecule has 1 heterocycles.